The molecular formula is C19H20F2N2O2. The third-order valence-electron chi connectivity index (χ3n) is 3.77. The van der Waals surface area contributed by atoms with E-state index in [0.29, 0.717) is 12.1 Å². The average Bonchev–Trinajstić information content (AvgIpc) is 2.59. The second-order valence-corrected chi connectivity index (χ2v) is 5.69. The summed E-state index contributed by atoms with van der Waals surface area (Å²) in [6, 6.07) is 12.1. The summed E-state index contributed by atoms with van der Waals surface area (Å²) in [4.78, 5) is 25.2. The number of rotatable bonds is 7. The van der Waals surface area contributed by atoms with Gasteiger partial charge in [-0.3, -0.25) is 9.59 Å². The minimum absolute atomic E-state index is 0.101. The smallest absolute Gasteiger partial charge is 0.222 e. The average molecular weight is 346 g/mol. The summed E-state index contributed by atoms with van der Waals surface area (Å²) < 4.78 is 26.4. The van der Waals surface area contributed by atoms with Crippen molar-refractivity contribution in [2.24, 2.45) is 0 Å². The standard InChI is InChI=1S/C19H20F2N2O2/c1-14(24)23(13-15-6-8-17(20)9-7-15)11-10-19(25)22-12-16-4-2-3-5-18(16)21/h2-9H,10-13H2,1H3,(H,22,25). The van der Waals surface area contributed by atoms with Gasteiger partial charge in [0.15, 0.2) is 0 Å². The van der Waals surface area contributed by atoms with Crippen LogP contribution in [0.15, 0.2) is 48.5 Å². The molecule has 0 radical (unpaired) electrons. The summed E-state index contributed by atoms with van der Waals surface area (Å²) in [6.45, 7) is 2.05. The molecule has 0 aliphatic rings. The minimum Gasteiger partial charge on any atom is -0.352 e. The number of hydrogen-bond acceptors (Lipinski definition) is 2. The molecule has 2 amide bonds. The molecule has 0 aromatic heterocycles. The molecular weight excluding hydrogens is 326 g/mol. The highest BCUT2D eigenvalue weighted by molar-refractivity contribution is 5.78. The summed E-state index contributed by atoms with van der Waals surface area (Å²) in [6.07, 6.45) is 0.106. The highest BCUT2D eigenvalue weighted by Crippen LogP contribution is 2.08. The number of nitrogens with one attached hydrogen (secondary N) is 1. The first kappa shape index (κ1) is 18.6. The molecule has 1 N–H and O–H groups in total. The van der Waals surface area contributed by atoms with E-state index in [1.54, 1.807) is 30.3 Å². The Hall–Kier alpha value is -2.76. The monoisotopic (exact) mass is 346 g/mol. The summed E-state index contributed by atoms with van der Waals surface area (Å²) in [5.41, 5.74) is 1.19. The molecule has 2 aromatic rings. The molecule has 25 heavy (non-hydrogen) atoms. The fourth-order valence-corrected chi connectivity index (χ4v) is 2.32. The van der Waals surface area contributed by atoms with Gasteiger partial charge in [-0.2, -0.15) is 0 Å². The number of halogens is 2. The van der Waals surface area contributed by atoms with Crippen molar-refractivity contribution in [2.45, 2.75) is 26.4 Å². The fraction of sp³-hybridized carbons (Fsp3) is 0.263. The summed E-state index contributed by atoms with van der Waals surface area (Å²) in [7, 11) is 0. The van der Waals surface area contributed by atoms with Crippen LogP contribution in [0.25, 0.3) is 0 Å². The van der Waals surface area contributed by atoms with Crippen LogP contribution in [0.1, 0.15) is 24.5 Å². The molecule has 6 heteroatoms. The van der Waals surface area contributed by atoms with Crippen LogP contribution < -0.4 is 5.32 Å². The van der Waals surface area contributed by atoms with E-state index in [-0.39, 0.29) is 43.0 Å². The Bertz CT molecular complexity index is 732. The Morgan fingerprint density at radius 3 is 2.36 bits per heavy atom. The van der Waals surface area contributed by atoms with Gasteiger partial charge in [-0.15, -0.1) is 0 Å². The van der Waals surface area contributed by atoms with E-state index in [0.717, 1.165) is 5.56 Å². The van der Waals surface area contributed by atoms with Gasteiger partial charge in [0.2, 0.25) is 11.8 Å². The molecule has 0 aliphatic carbocycles. The molecule has 0 fully saturated rings. The van der Waals surface area contributed by atoms with Crippen LogP contribution in [-0.4, -0.2) is 23.3 Å². The molecule has 0 bridgehead atoms. The van der Waals surface area contributed by atoms with Crippen molar-refractivity contribution in [3.05, 3.63) is 71.3 Å². The van der Waals surface area contributed by atoms with E-state index >= 15 is 0 Å². The van der Waals surface area contributed by atoms with Crippen molar-refractivity contribution < 1.29 is 18.4 Å². The molecule has 0 saturated heterocycles. The lowest BCUT2D eigenvalue weighted by atomic mass is 10.2. The van der Waals surface area contributed by atoms with Gasteiger partial charge in [0.1, 0.15) is 11.6 Å². The second kappa shape index (κ2) is 8.92. The van der Waals surface area contributed by atoms with Crippen molar-refractivity contribution in [1.82, 2.24) is 10.2 Å². The molecule has 4 nitrogen and oxygen atoms in total. The van der Waals surface area contributed by atoms with Gasteiger partial charge >= 0.3 is 0 Å². The highest BCUT2D eigenvalue weighted by atomic mass is 19.1. The predicted molar refractivity (Wildman–Crippen MR) is 90.4 cm³/mol. The minimum atomic E-state index is -0.371. The Morgan fingerprint density at radius 2 is 1.72 bits per heavy atom. The van der Waals surface area contributed by atoms with Crippen LogP contribution >= 0.6 is 0 Å². The molecule has 0 spiro atoms. The molecule has 0 aliphatic heterocycles. The van der Waals surface area contributed by atoms with Crippen molar-refractivity contribution >= 4 is 11.8 Å². The van der Waals surface area contributed by atoms with Crippen molar-refractivity contribution in [2.75, 3.05) is 6.54 Å². The van der Waals surface area contributed by atoms with Crippen molar-refractivity contribution in [3.8, 4) is 0 Å². The molecule has 2 rings (SSSR count). The maximum Gasteiger partial charge on any atom is 0.222 e. The van der Waals surface area contributed by atoms with Crippen LogP contribution in [0.2, 0.25) is 0 Å². The predicted octanol–water partition coefficient (Wildman–Crippen LogP) is 3.02. The van der Waals surface area contributed by atoms with E-state index in [1.807, 2.05) is 0 Å². The topological polar surface area (TPSA) is 49.4 Å². The van der Waals surface area contributed by atoms with Gasteiger partial charge in [0, 0.05) is 38.5 Å². The first-order chi connectivity index (χ1) is 12.0. The van der Waals surface area contributed by atoms with Crippen LogP contribution in [-0.2, 0) is 22.7 Å². The Labute approximate surface area is 145 Å². The zero-order chi connectivity index (χ0) is 18.2. The lowest BCUT2D eigenvalue weighted by Crippen LogP contribution is -2.33. The van der Waals surface area contributed by atoms with Gasteiger partial charge in [0.05, 0.1) is 0 Å². The molecule has 0 unspecified atom stereocenters. The molecule has 0 heterocycles. The van der Waals surface area contributed by atoms with E-state index < -0.39 is 0 Å². The van der Waals surface area contributed by atoms with Crippen LogP contribution in [0.3, 0.4) is 0 Å². The highest BCUT2D eigenvalue weighted by Gasteiger charge is 2.12. The summed E-state index contributed by atoms with van der Waals surface area (Å²) in [5.74, 6) is -1.16. The number of benzene rings is 2. The number of carbonyl (C=O) groups is 2. The lowest BCUT2D eigenvalue weighted by molar-refractivity contribution is -0.130. The number of carbonyl (C=O) groups excluding carboxylic acids is 2. The Kier molecular flexibility index (Phi) is 6.62. The van der Waals surface area contributed by atoms with E-state index in [9.17, 15) is 18.4 Å². The molecule has 2 aromatic carbocycles. The number of nitrogens with zero attached hydrogens (tertiary/aromatic N) is 1. The maximum atomic E-state index is 13.5. The van der Waals surface area contributed by atoms with Gasteiger partial charge in [0.25, 0.3) is 0 Å². The van der Waals surface area contributed by atoms with Crippen LogP contribution in [0.5, 0.6) is 0 Å². The van der Waals surface area contributed by atoms with Crippen molar-refractivity contribution in [1.29, 1.82) is 0 Å². The number of hydrogen-bond donors (Lipinski definition) is 1. The van der Waals surface area contributed by atoms with Crippen molar-refractivity contribution in [3.63, 3.8) is 0 Å². The first-order valence-corrected chi connectivity index (χ1v) is 7.96. The van der Waals surface area contributed by atoms with Crippen LogP contribution in [0, 0.1) is 11.6 Å². The molecule has 132 valence electrons. The summed E-state index contributed by atoms with van der Waals surface area (Å²) >= 11 is 0. The van der Waals surface area contributed by atoms with E-state index in [4.69, 9.17) is 0 Å². The quantitative estimate of drug-likeness (QED) is 0.838. The van der Waals surface area contributed by atoms with E-state index in [1.165, 1.54) is 30.0 Å². The fourth-order valence-electron chi connectivity index (χ4n) is 2.32. The third kappa shape index (κ3) is 5.99. The van der Waals surface area contributed by atoms with Gasteiger partial charge < -0.3 is 10.2 Å². The van der Waals surface area contributed by atoms with Crippen LogP contribution in [0.4, 0.5) is 8.78 Å². The largest absolute Gasteiger partial charge is 0.352 e. The Morgan fingerprint density at radius 1 is 1.04 bits per heavy atom. The van der Waals surface area contributed by atoms with Gasteiger partial charge in [-0.25, -0.2) is 8.78 Å². The van der Waals surface area contributed by atoms with Gasteiger partial charge in [-0.1, -0.05) is 30.3 Å². The lowest BCUT2D eigenvalue weighted by Gasteiger charge is -2.21. The summed E-state index contributed by atoms with van der Waals surface area (Å²) in [5, 5.41) is 2.64. The zero-order valence-electron chi connectivity index (χ0n) is 14.0. The Balaban J connectivity index is 1.83. The maximum absolute atomic E-state index is 13.5. The SMILES string of the molecule is CC(=O)N(CCC(=O)NCc1ccccc1F)Cc1ccc(F)cc1. The van der Waals surface area contributed by atoms with Gasteiger partial charge in [-0.05, 0) is 23.8 Å². The van der Waals surface area contributed by atoms with E-state index in [2.05, 4.69) is 5.32 Å². The number of amides is 2. The molecule has 0 saturated carbocycles. The molecule has 0 atom stereocenters. The first-order valence-electron chi connectivity index (χ1n) is 7.96. The third-order valence-corrected chi connectivity index (χ3v) is 3.77. The normalized spacial score (nSPS) is 10.4. The second-order valence-electron chi connectivity index (χ2n) is 5.69. The zero-order valence-corrected chi connectivity index (χ0v) is 14.0.